The van der Waals surface area contributed by atoms with Gasteiger partial charge < -0.3 is 20.1 Å². The summed E-state index contributed by atoms with van der Waals surface area (Å²) in [6.07, 6.45) is -2.39. The minimum absolute atomic E-state index is 0.176. The Bertz CT molecular complexity index is 603. The number of aliphatic hydroxyl groups is 1. The molecule has 1 unspecified atom stereocenters. The molecule has 0 bridgehead atoms. The van der Waals surface area contributed by atoms with Crippen LogP contribution < -0.4 is 5.32 Å². The number of ether oxygens (including phenoxy) is 1. The van der Waals surface area contributed by atoms with Crippen molar-refractivity contribution in [2.75, 3.05) is 5.32 Å². The number of carbonyl (C=O) groups is 2. The summed E-state index contributed by atoms with van der Waals surface area (Å²) in [6, 6.07) is 4.18. The Morgan fingerprint density at radius 1 is 1.17 bits per heavy atom. The van der Waals surface area contributed by atoms with E-state index in [0.29, 0.717) is 5.69 Å². The molecular formula is C16H23NO6. The quantitative estimate of drug-likeness (QED) is 0.632. The third kappa shape index (κ3) is 4.85. The van der Waals surface area contributed by atoms with Crippen molar-refractivity contribution in [1.82, 2.24) is 0 Å². The number of hydrogen-bond acceptors (Lipinski definition) is 5. The van der Waals surface area contributed by atoms with Gasteiger partial charge in [-0.1, -0.05) is 13.8 Å². The smallest absolute Gasteiger partial charge is 0.412 e. The van der Waals surface area contributed by atoms with Crippen LogP contribution in [-0.4, -0.2) is 39.1 Å². The van der Waals surface area contributed by atoms with E-state index < -0.39 is 29.2 Å². The molecule has 0 fully saturated rings. The fraction of sp³-hybridized carbons (Fsp3) is 0.500. The van der Waals surface area contributed by atoms with Crippen molar-refractivity contribution in [3.05, 3.63) is 23.8 Å². The molecular weight excluding hydrogens is 302 g/mol. The van der Waals surface area contributed by atoms with Crippen LogP contribution in [0.25, 0.3) is 0 Å². The van der Waals surface area contributed by atoms with Crippen LogP contribution in [0.1, 0.15) is 40.2 Å². The summed E-state index contributed by atoms with van der Waals surface area (Å²) in [6.45, 7) is 8.14. The maximum atomic E-state index is 11.8. The van der Waals surface area contributed by atoms with Crippen LogP contribution in [0.3, 0.4) is 0 Å². The Morgan fingerprint density at radius 3 is 2.22 bits per heavy atom. The topological polar surface area (TPSA) is 116 Å². The fourth-order valence-corrected chi connectivity index (χ4v) is 2.01. The molecule has 7 heteroatoms. The standard InChI is InChI=1S/C16H23NO6/c1-15(2,3)23-14(22)17-9-6-7-11(18)10(8-9)16(4,5)12(19)13(20)21/h6-8,12,18-19H,1-5H3,(H,17,22)(H,20,21). The molecule has 1 aromatic carbocycles. The number of hydrogen-bond donors (Lipinski definition) is 4. The molecule has 0 radical (unpaired) electrons. The molecule has 7 nitrogen and oxygen atoms in total. The highest BCUT2D eigenvalue weighted by Crippen LogP contribution is 2.36. The zero-order valence-corrected chi connectivity index (χ0v) is 13.9. The van der Waals surface area contributed by atoms with Crippen LogP contribution in [0.5, 0.6) is 5.75 Å². The van der Waals surface area contributed by atoms with Gasteiger partial charge in [0.2, 0.25) is 0 Å². The molecule has 1 rings (SSSR count). The number of aliphatic hydroxyl groups excluding tert-OH is 1. The van der Waals surface area contributed by atoms with Gasteiger partial charge in [0.25, 0.3) is 0 Å². The summed E-state index contributed by atoms with van der Waals surface area (Å²) in [4.78, 5) is 22.8. The molecule has 0 spiro atoms. The highest BCUT2D eigenvalue weighted by Gasteiger charge is 2.37. The van der Waals surface area contributed by atoms with Gasteiger partial charge in [0.15, 0.2) is 6.10 Å². The lowest BCUT2D eigenvalue weighted by Crippen LogP contribution is -2.40. The Kier molecular flexibility index (Phi) is 5.27. The second kappa shape index (κ2) is 6.45. The van der Waals surface area contributed by atoms with E-state index in [-0.39, 0.29) is 11.3 Å². The first kappa shape index (κ1) is 18.8. The van der Waals surface area contributed by atoms with E-state index in [2.05, 4.69) is 5.32 Å². The zero-order chi connectivity index (χ0) is 18.0. The van der Waals surface area contributed by atoms with Crippen LogP contribution >= 0.6 is 0 Å². The first-order chi connectivity index (χ1) is 10.3. The number of nitrogens with one attached hydrogen (secondary N) is 1. The summed E-state index contributed by atoms with van der Waals surface area (Å²) in [7, 11) is 0. The first-order valence-corrected chi connectivity index (χ1v) is 7.09. The average Bonchev–Trinajstić information content (AvgIpc) is 2.37. The third-order valence-corrected chi connectivity index (χ3v) is 3.25. The SMILES string of the molecule is CC(C)(C)OC(=O)Nc1ccc(O)c(C(C)(C)C(O)C(=O)O)c1. The minimum Gasteiger partial charge on any atom is -0.508 e. The molecule has 1 amide bonds. The molecule has 0 aliphatic rings. The van der Waals surface area contributed by atoms with Gasteiger partial charge >= 0.3 is 12.1 Å². The van der Waals surface area contributed by atoms with E-state index in [9.17, 15) is 19.8 Å². The number of amides is 1. The van der Waals surface area contributed by atoms with Gasteiger partial charge in [-0.05, 0) is 39.0 Å². The van der Waals surface area contributed by atoms with Gasteiger partial charge in [-0.25, -0.2) is 9.59 Å². The Hall–Kier alpha value is -2.28. The van der Waals surface area contributed by atoms with Gasteiger partial charge in [0.1, 0.15) is 11.4 Å². The fourth-order valence-electron chi connectivity index (χ4n) is 2.01. The number of aromatic hydroxyl groups is 1. The van der Waals surface area contributed by atoms with Crippen LogP contribution in [0.4, 0.5) is 10.5 Å². The summed E-state index contributed by atoms with van der Waals surface area (Å²) < 4.78 is 5.13. The molecule has 0 saturated heterocycles. The summed E-state index contributed by atoms with van der Waals surface area (Å²) in [5.74, 6) is -1.58. The molecule has 0 aromatic heterocycles. The van der Waals surface area contributed by atoms with Gasteiger partial charge in [0, 0.05) is 16.7 Å². The van der Waals surface area contributed by atoms with Crippen LogP contribution in [0.2, 0.25) is 0 Å². The average molecular weight is 325 g/mol. The van der Waals surface area contributed by atoms with Crippen molar-refractivity contribution in [3.8, 4) is 5.75 Å². The maximum absolute atomic E-state index is 11.8. The van der Waals surface area contributed by atoms with Gasteiger partial charge in [0.05, 0.1) is 0 Å². The Morgan fingerprint density at radius 2 is 1.74 bits per heavy atom. The van der Waals surface area contributed by atoms with Gasteiger partial charge in [-0.15, -0.1) is 0 Å². The molecule has 23 heavy (non-hydrogen) atoms. The molecule has 128 valence electrons. The minimum atomic E-state index is -1.72. The van der Waals surface area contributed by atoms with Crippen molar-refractivity contribution >= 4 is 17.7 Å². The summed E-state index contributed by atoms with van der Waals surface area (Å²) in [5.41, 5.74) is -1.41. The number of phenols is 1. The van der Waals surface area contributed by atoms with Crippen molar-refractivity contribution in [2.45, 2.75) is 51.7 Å². The van der Waals surface area contributed by atoms with Gasteiger partial charge in [-0.2, -0.15) is 0 Å². The number of rotatable bonds is 4. The molecule has 0 heterocycles. The zero-order valence-electron chi connectivity index (χ0n) is 13.9. The van der Waals surface area contributed by atoms with Crippen LogP contribution in [-0.2, 0) is 14.9 Å². The number of phenolic OH excluding ortho intramolecular Hbond substituents is 1. The largest absolute Gasteiger partial charge is 0.508 e. The van der Waals surface area contributed by atoms with Crippen LogP contribution in [0.15, 0.2) is 18.2 Å². The summed E-state index contributed by atoms with van der Waals surface area (Å²) >= 11 is 0. The second-order valence-electron chi connectivity index (χ2n) is 6.82. The number of carbonyl (C=O) groups excluding carboxylic acids is 1. The van der Waals surface area contributed by atoms with Crippen molar-refractivity contribution in [1.29, 1.82) is 0 Å². The predicted molar refractivity (Wildman–Crippen MR) is 84.6 cm³/mol. The third-order valence-electron chi connectivity index (χ3n) is 3.25. The number of carboxylic acid groups (broad SMARTS) is 1. The number of aliphatic carboxylic acids is 1. The Balaban J connectivity index is 3.09. The highest BCUT2D eigenvalue weighted by atomic mass is 16.6. The molecule has 1 aromatic rings. The molecule has 0 saturated carbocycles. The Labute approximate surface area is 134 Å². The van der Waals surface area contributed by atoms with E-state index >= 15 is 0 Å². The van der Waals surface area contributed by atoms with Crippen LogP contribution in [0, 0.1) is 0 Å². The normalized spacial score (nSPS) is 13.3. The van der Waals surface area contributed by atoms with Crippen molar-refractivity contribution in [2.24, 2.45) is 0 Å². The predicted octanol–water partition coefficient (Wildman–Crippen LogP) is 2.46. The van der Waals surface area contributed by atoms with Crippen molar-refractivity contribution in [3.63, 3.8) is 0 Å². The lowest BCUT2D eigenvalue weighted by molar-refractivity contribution is -0.150. The lowest BCUT2D eigenvalue weighted by atomic mass is 9.78. The van der Waals surface area contributed by atoms with Gasteiger partial charge in [-0.3, -0.25) is 5.32 Å². The molecule has 4 N–H and O–H groups in total. The molecule has 0 aliphatic carbocycles. The highest BCUT2D eigenvalue weighted by molar-refractivity contribution is 5.85. The van der Waals surface area contributed by atoms with E-state index in [0.717, 1.165) is 0 Å². The number of benzene rings is 1. The maximum Gasteiger partial charge on any atom is 0.412 e. The van der Waals surface area contributed by atoms with Crippen molar-refractivity contribution < 1.29 is 29.6 Å². The summed E-state index contributed by atoms with van der Waals surface area (Å²) in [5, 5.41) is 31.3. The van der Waals surface area contributed by atoms with E-state index in [1.54, 1.807) is 20.8 Å². The number of carboxylic acids is 1. The van der Waals surface area contributed by atoms with E-state index in [4.69, 9.17) is 9.84 Å². The molecule has 1 atom stereocenters. The lowest BCUT2D eigenvalue weighted by Gasteiger charge is -2.29. The van der Waals surface area contributed by atoms with E-state index in [1.165, 1.54) is 32.0 Å². The second-order valence-corrected chi connectivity index (χ2v) is 6.82. The molecule has 0 aliphatic heterocycles. The number of anilines is 1. The monoisotopic (exact) mass is 325 g/mol. The first-order valence-electron chi connectivity index (χ1n) is 7.09. The van der Waals surface area contributed by atoms with E-state index in [1.807, 2.05) is 0 Å².